The molecule has 0 saturated carbocycles. The monoisotopic (exact) mass is 554 g/mol. The molecule has 198 valence electrons. The first-order valence-corrected chi connectivity index (χ1v) is 13.8. The second-order valence-electron chi connectivity index (χ2n) is 9.27. The molecule has 0 aliphatic rings. The van der Waals surface area contributed by atoms with Crippen molar-refractivity contribution in [2.24, 2.45) is 0 Å². The Morgan fingerprint density at radius 2 is 0.950 bits per heavy atom. The normalized spacial score (nSPS) is 12.1. The van der Waals surface area contributed by atoms with Crippen LogP contribution >= 0.6 is 0 Å². The molecule has 7 heteroatoms. The van der Waals surface area contributed by atoms with E-state index in [0.717, 1.165) is 38.2 Å². The molecule has 0 aromatic heterocycles. The average Bonchev–Trinajstić information content (AvgIpc) is 2.96. The third-order valence-electron chi connectivity index (χ3n) is 6.83. The van der Waals surface area contributed by atoms with E-state index in [4.69, 9.17) is 4.18 Å². The Labute approximate surface area is 229 Å². The lowest BCUT2D eigenvalue weighted by Crippen LogP contribution is -2.28. The van der Waals surface area contributed by atoms with Gasteiger partial charge in [-0.05, 0) is 55.9 Å². The molecule has 0 atom stereocenters. The highest BCUT2D eigenvalue weighted by Gasteiger charge is 2.49. The van der Waals surface area contributed by atoms with Gasteiger partial charge in [0, 0.05) is 11.1 Å². The molecule has 0 aliphatic heterocycles. The van der Waals surface area contributed by atoms with E-state index in [0.29, 0.717) is 11.1 Å². The van der Waals surface area contributed by atoms with Crippen LogP contribution in [0.4, 0.5) is 13.2 Å². The van der Waals surface area contributed by atoms with E-state index >= 15 is 0 Å². The van der Waals surface area contributed by atoms with Gasteiger partial charge in [0.2, 0.25) is 0 Å². The van der Waals surface area contributed by atoms with E-state index in [-0.39, 0.29) is 5.56 Å². The predicted molar refractivity (Wildman–Crippen MR) is 153 cm³/mol. The maximum Gasteiger partial charge on any atom is 0.534 e. The molecule has 0 fully saturated rings. The second-order valence-corrected chi connectivity index (χ2v) is 10.8. The van der Waals surface area contributed by atoms with Crippen molar-refractivity contribution < 1.29 is 25.8 Å². The fourth-order valence-electron chi connectivity index (χ4n) is 5.11. The fourth-order valence-corrected chi connectivity index (χ4v) is 5.58. The van der Waals surface area contributed by atoms with E-state index < -0.39 is 21.4 Å². The summed E-state index contributed by atoms with van der Waals surface area (Å²) in [4.78, 5) is 0. The van der Waals surface area contributed by atoms with Crippen molar-refractivity contribution in [3.63, 3.8) is 0 Å². The molecule has 3 nitrogen and oxygen atoms in total. The van der Waals surface area contributed by atoms with Crippen LogP contribution in [0.15, 0.2) is 127 Å². The first kappa shape index (κ1) is 25.6. The Morgan fingerprint density at radius 3 is 1.45 bits per heavy atom. The van der Waals surface area contributed by atoms with E-state index in [1.54, 1.807) is 12.1 Å². The van der Waals surface area contributed by atoms with Crippen LogP contribution < -0.4 is 4.18 Å². The predicted octanol–water partition coefficient (Wildman–Crippen LogP) is 9.22. The smallest absolute Gasteiger partial charge is 0.375 e. The minimum atomic E-state index is -5.92. The van der Waals surface area contributed by atoms with Gasteiger partial charge in [-0.2, -0.15) is 21.6 Å². The van der Waals surface area contributed by atoms with Crippen molar-refractivity contribution in [2.75, 3.05) is 0 Å². The summed E-state index contributed by atoms with van der Waals surface area (Å²) in [7, 11) is -5.92. The molecule has 0 aliphatic carbocycles. The van der Waals surface area contributed by atoms with E-state index in [1.807, 2.05) is 109 Å². The quantitative estimate of drug-likeness (QED) is 0.121. The van der Waals surface area contributed by atoms with Gasteiger partial charge in [-0.25, -0.2) is 0 Å². The molecule has 6 aromatic rings. The number of hydrogen-bond acceptors (Lipinski definition) is 3. The Bertz CT molecular complexity index is 1910. The highest BCUT2D eigenvalue weighted by molar-refractivity contribution is 7.88. The van der Waals surface area contributed by atoms with Crippen LogP contribution in [0, 0.1) is 0 Å². The molecule has 0 amide bonds. The van der Waals surface area contributed by atoms with E-state index in [1.165, 1.54) is 6.07 Å². The summed E-state index contributed by atoms with van der Waals surface area (Å²) in [5.41, 5.74) is -1.28. The van der Waals surface area contributed by atoms with Gasteiger partial charge >= 0.3 is 15.6 Å². The van der Waals surface area contributed by atoms with Crippen LogP contribution in [-0.4, -0.2) is 13.9 Å². The number of alkyl halides is 3. The van der Waals surface area contributed by atoms with Crippen molar-refractivity contribution in [1.29, 1.82) is 0 Å². The summed E-state index contributed by atoms with van der Waals surface area (Å²) < 4.78 is 69.5. The number of fused-ring (bicyclic) bond motifs is 2. The zero-order valence-corrected chi connectivity index (χ0v) is 21.7. The molecule has 6 aromatic carbocycles. The second kappa shape index (κ2) is 9.84. The van der Waals surface area contributed by atoms with Gasteiger partial charge in [0.1, 0.15) is 0 Å². The zero-order chi connectivity index (χ0) is 27.9. The highest BCUT2D eigenvalue weighted by atomic mass is 32.2. The van der Waals surface area contributed by atoms with Gasteiger partial charge in [-0.15, -0.1) is 0 Å². The van der Waals surface area contributed by atoms with Crippen molar-refractivity contribution in [2.45, 2.75) is 5.51 Å². The molecular weight excluding hydrogens is 533 g/mol. The van der Waals surface area contributed by atoms with Crippen LogP contribution in [0.3, 0.4) is 0 Å². The zero-order valence-electron chi connectivity index (χ0n) is 20.9. The summed E-state index contributed by atoms with van der Waals surface area (Å²) in [6.45, 7) is 0. The maximum atomic E-state index is 13.4. The summed E-state index contributed by atoms with van der Waals surface area (Å²) in [6.07, 6.45) is 0. The lowest BCUT2D eigenvalue weighted by atomic mass is 9.85. The van der Waals surface area contributed by atoms with Crippen molar-refractivity contribution >= 4 is 31.7 Å². The molecule has 40 heavy (non-hydrogen) atoms. The first-order valence-electron chi connectivity index (χ1n) is 12.4. The van der Waals surface area contributed by atoms with Crippen LogP contribution in [0.5, 0.6) is 5.75 Å². The summed E-state index contributed by atoms with van der Waals surface area (Å²) in [5.74, 6) is -0.403. The van der Waals surface area contributed by atoms with Crippen molar-refractivity contribution in [1.82, 2.24) is 0 Å². The Hall–Kier alpha value is -4.62. The van der Waals surface area contributed by atoms with Crippen LogP contribution in [0.1, 0.15) is 0 Å². The summed E-state index contributed by atoms with van der Waals surface area (Å²) in [6, 6.07) is 38.9. The van der Waals surface area contributed by atoms with Crippen LogP contribution in [0.25, 0.3) is 54.9 Å². The molecule has 0 radical (unpaired) electrons. The molecule has 0 unspecified atom stereocenters. The lowest BCUT2D eigenvalue weighted by Gasteiger charge is -2.20. The highest BCUT2D eigenvalue weighted by Crippen LogP contribution is 2.47. The number of halogens is 3. The van der Waals surface area contributed by atoms with E-state index in [2.05, 4.69) is 0 Å². The Balaban J connectivity index is 1.73. The third kappa shape index (κ3) is 4.48. The number of hydrogen-bond donors (Lipinski definition) is 0. The van der Waals surface area contributed by atoms with Gasteiger partial charge in [0.25, 0.3) is 0 Å². The number of benzene rings is 6. The Morgan fingerprint density at radius 1 is 0.500 bits per heavy atom. The molecular formula is C33H21F3O3S. The molecule has 0 N–H and O–H groups in total. The van der Waals surface area contributed by atoms with Gasteiger partial charge < -0.3 is 4.18 Å². The largest absolute Gasteiger partial charge is 0.534 e. The summed E-state index contributed by atoms with van der Waals surface area (Å²) in [5, 5.41) is 3.24. The molecule has 6 rings (SSSR count). The third-order valence-corrected chi connectivity index (χ3v) is 7.80. The minimum Gasteiger partial charge on any atom is -0.375 e. The molecule has 0 saturated heterocycles. The van der Waals surface area contributed by atoms with Gasteiger partial charge in [0.15, 0.2) is 5.75 Å². The minimum absolute atomic E-state index is 0.237. The molecule has 0 bridgehead atoms. The van der Waals surface area contributed by atoms with Gasteiger partial charge in [-0.3, -0.25) is 0 Å². The van der Waals surface area contributed by atoms with Gasteiger partial charge in [-0.1, -0.05) is 115 Å². The molecule has 0 spiro atoms. The van der Waals surface area contributed by atoms with Crippen molar-refractivity contribution in [3.05, 3.63) is 127 Å². The topological polar surface area (TPSA) is 43.4 Å². The average molecular weight is 555 g/mol. The summed E-state index contributed by atoms with van der Waals surface area (Å²) >= 11 is 0. The van der Waals surface area contributed by atoms with Crippen molar-refractivity contribution in [3.8, 4) is 39.1 Å². The fraction of sp³-hybridized carbons (Fsp3) is 0.0303. The van der Waals surface area contributed by atoms with Gasteiger partial charge in [0.05, 0.1) is 0 Å². The first-order chi connectivity index (χ1) is 19.2. The SMILES string of the molecule is O=S(=O)(Oc1ccc(-c2ccccc2)cc1-c1c2ccccc2c(-c2ccccc2)c2ccccc12)C(F)(F)F. The Kier molecular flexibility index (Phi) is 6.31. The van der Waals surface area contributed by atoms with Crippen LogP contribution in [-0.2, 0) is 10.1 Å². The lowest BCUT2D eigenvalue weighted by molar-refractivity contribution is -0.0499. The standard InChI is InChI=1S/C33H21F3O3S/c34-33(35,36)40(37,38)39-30-20-19-24(22-11-3-1-4-12-22)21-29(30)32-27-17-9-7-15-25(27)31(23-13-5-2-6-14-23)26-16-8-10-18-28(26)32/h1-21H. The molecule has 0 heterocycles. The van der Waals surface area contributed by atoms with E-state index in [9.17, 15) is 21.6 Å². The van der Waals surface area contributed by atoms with Crippen LogP contribution in [0.2, 0.25) is 0 Å². The maximum absolute atomic E-state index is 13.4. The number of rotatable bonds is 5.